The number of hydrogen-bond donors (Lipinski definition) is 0. The maximum Gasteiger partial charge on any atom is 0.340 e. The van der Waals surface area contributed by atoms with E-state index in [2.05, 4.69) is 0 Å². The molecule has 2 aromatic rings. The Morgan fingerprint density at radius 3 is 2.18 bits per heavy atom. The largest absolute Gasteiger partial charge is 0.467 e. The monoisotopic (exact) mass is 387 g/mol. The van der Waals surface area contributed by atoms with Gasteiger partial charge in [-0.3, -0.25) is 14.5 Å². The molecular formula is C21H25NO6. The van der Waals surface area contributed by atoms with Gasteiger partial charge < -0.3 is 13.9 Å². The van der Waals surface area contributed by atoms with E-state index in [1.165, 1.54) is 31.4 Å². The Hall–Kier alpha value is -2.93. The number of ether oxygens (including phenoxy) is 2. The van der Waals surface area contributed by atoms with Crippen LogP contribution in [-0.2, 0) is 19.1 Å². The molecule has 0 saturated carbocycles. The number of furan rings is 1. The van der Waals surface area contributed by atoms with Crippen LogP contribution in [0.1, 0.15) is 35.0 Å². The van der Waals surface area contributed by atoms with E-state index < -0.39 is 23.2 Å². The van der Waals surface area contributed by atoms with Gasteiger partial charge in [-0.2, -0.15) is 0 Å². The minimum atomic E-state index is -1.90. The molecule has 0 bridgehead atoms. The van der Waals surface area contributed by atoms with Crippen LogP contribution in [0.5, 0.6) is 0 Å². The summed E-state index contributed by atoms with van der Waals surface area (Å²) in [5.41, 5.74) is 0.0187. The molecule has 0 radical (unpaired) electrons. The zero-order valence-electron chi connectivity index (χ0n) is 16.8. The van der Waals surface area contributed by atoms with Crippen molar-refractivity contribution in [1.29, 1.82) is 0 Å². The van der Waals surface area contributed by atoms with E-state index in [1.54, 1.807) is 13.0 Å². The molecule has 2 rings (SSSR count). The van der Waals surface area contributed by atoms with E-state index in [0.717, 1.165) is 11.1 Å². The molecule has 0 saturated heterocycles. The van der Waals surface area contributed by atoms with Crippen molar-refractivity contribution in [2.24, 2.45) is 0 Å². The highest BCUT2D eigenvalue weighted by atomic mass is 16.5. The fourth-order valence-electron chi connectivity index (χ4n) is 3.38. The first kappa shape index (κ1) is 21.4. The Morgan fingerprint density at radius 1 is 1.07 bits per heavy atom. The lowest BCUT2D eigenvalue weighted by Gasteiger charge is -2.40. The molecule has 1 aromatic heterocycles. The Balaban J connectivity index is 2.85. The van der Waals surface area contributed by atoms with Crippen molar-refractivity contribution in [2.75, 3.05) is 25.7 Å². The van der Waals surface area contributed by atoms with Crippen LogP contribution in [0.4, 0.5) is 5.69 Å². The molecule has 1 atom stereocenters. The summed E-state index contributed by atoms with van der Waals surface area (Å²) in [6.45, 7) is 4.92. The van der Waals surface area contributed by atoms with Crippen LogP contribution in [0.25, 0.3) is 0 Å². The Kier molecular flexibility index (Phi) is 6.75. The molecule has 7 heteroatoms. The van der Waals surface area contributed by atoms with Crippen LogP contribution in [0.3, 0.4) is 0 Å². The van der Waals surface area contributed by atoms with E-state index in [9.17, 15) is 14.4 Å². The van der Waals surface area contributed by atoms with Gasteiger partial charge in [0.25, 0.3) is 5.91 Å². The van der Waals surface area contributed by atoms with Gasteiger partial charge in [0.1, 0.15) is 6.61 Å². The summed E-state index contributed by atoms with van der Waals surface area (Å²) < 4.78 is 15.3. The predicted molar refractivity (Wildman–Crippen MR) is 103 cm³/mol. The number of carbonyl (C=O) groups excluding carboxylic acids is 3. The van der Waals surface area contributed by atoms with Crippen molar-refractivity contribution in [2.45, 2.75) is 32.7 Å². The van der Waals surface area contributed by atoms with Gasteiger partial charge in [-0.05, 0) is 43.5 Å². The first-order chi connectivity index (χ1) is 13.3. The van der Waals surface area contributed by atoms with Gasteiger partial charge in [0.2, 0.25) is 5.54 Å². The first-order valence-corrected chi connectivity index (χ1v) is 8.90. The van der Waals surface area contributed by atoms with Crippen molar-refractivity contribution in [3.63, 3.8) is 0 Å². The smallest absolute Gasteiger partial charge is 0.340 e. The van der Waals surface area contributed by atoms with Crippen molar-refractivity contribution < 1.29 is 28.3 Å². The Labute approximate surface area is 164 Å². The number of benzene rings is 1. The molecule has 0 fully saturated rings. The Morgan fingerprint density at radius 2 is 1.71 bits per heavy atom. The highest BCUT2D eigenvalue weighted by Gasteiger charge is 2.54. The second-order valence-corrected chi connectivity index (χ2v) is 6.42. The summed E-state index contributed by atoms with van der Waals surface area (Å²) in [5.74, 6) is -2.01. The van der Waals surface area contributed by atoms with Gasteiger partial charge in [-0.25, -0.2) is 4.79 Å². The second-order valence-electron chi connectivity index (χ2n) is 6.42. The van der Waals surface area contributed by atoms with E-state index >= 15 is 0 Å². The number of nitrogens with zero attached hydrogens (tertiary/aromatic N) is 1. The summed E-state index contributed by atoms with van der Waals surface area (Å²) in [6.07, 6.45) is 1.36. The van der Waals surface area contributed by atoms with Crippen LogP contribution >= 0.6 is 0 Å². The summed E-state index contributed by atoms with van der Waals surface area (Å²) in [7, 11) is 2.54. The lowest BCUT2D eigenvalue weighted by atomic mass is 9.86. The van der Waals surface area contributed by atoms with E-state index in [1.807, 2.05) is 32.0 Å². The average Bonchev–Trinajstić information content (AvgIpc) is 3.21. The molecule has 7 nitrogen and oxygen atoms in total. The van der Waals surface area contributed by atoms with Gasteiger partial charge in [-0.15, -0.1) is 0 Å². The van der Waals surface area contributed by atoms with Crippen molar-refractivity contribution >= 4 is 23.3 Å². The fraction of sp³-hybridized carbons (Fsp3) is 0.381. The van der Waals surface area contributed by atoms with E-state index in [0.29, 0.717) is 5.69 Å². The van der Waals surface area contributed by atoms with Gasteiger partial charge in [0.05, 0.1) is 19.1 Å². The standard InChI is InChI=1S/C21H25NO6/c1-6-21(20(25)27-5,17(23)13-26-4)22(19(24)16-11-8-12-28-16)18-14(2)9-7-10-15(18)3/h7-12H,6,13H2,1-5H3/t21-/m1/s1. The highest BCUT2D eigenvalue weighted by Crippen LogP contribution is 2.36. The minimum Gasteiger partial charge on any atom is -0.467 e. The first-order valence-electron chi connectivity index (χ1n) is 8.90. The van der Waals surface area contributed by atoms with Gasteiger partial charge in [0, 0.05) is 7.11 Å². The lowest BCUT2D eigenvalue weighted by molar-refractivity contribution is -0.152. The van der Waals surface area contributed by atoms with Gasteiger partial charge in [0.15, 0.2) is 11.5 Å². The maximum absolute atomic E-state index is 13.5. The number of ketones is 1. The molecule has 1 aromatic carbocycles. The number of methoxy groups -OCH3 is 2. The third-order valence-corrected chi connectivity index (χ3v) is 4.75. The molecule has 1 heterocycles. The number of hydrogen-bond acceptors (Lipinski definition) is 6. The van der Waals surface area contributed by atoms with Crippen molar-refractivity contribution in [1.82, 2.24) is 0 Å². The van der Waals surface area contributed by atoms with E-state index in [4.69, 9.17) is 13.9 Å². The van der Waals surface area contributed by atoms with Gasteiger partial charge >= 0.3 is 5.97 Å². The quantitative estimate of drug-likeness (QED) is 0.511. The van der Waals surface area contributed by atoms with Gasteiger partial charge in [-0.1, -0.05) is 25.1 Å². The Bertz CT molecular complexity index is 838. The lowest BCUT2D eigenvalue weighted by Crippen LogP contribution is -2.64. The number of Topliss-reactive ketones (excluding diaryl/α,β-unsaturated/α-hetero) is 1. The number of rotatable bonds is 8. The fourth-order valence-corrected chi connectivity index (χ4v) is 3.38. The topological polar surface area (TPSA) is 86.1 Å². The van der Waals surface area contributed by atoms with Crippen LogP contribution in [-0.4, -0.2) is 44.0 Å². The molecule has 0 aliphatic rings. The third-order valence-electron chi connectivity index (χ3n) is 4.75. The highest BCUT2D eigenvalue weighted by molar-refractivity contribution is 6.21. The van der Waals surface area contributed by atoms with Crippen LogP contribution < -0.4 is 4.90 Å². The average molecular weight is 387 g/mol. The molecule has 0 spiro atoms. The molecule has 0 aliphatic carbocycles. The normalized spacial score (nSPS) is 12.9. The zero-order valence-corrected chi connectivity index (χ0v) is 16.8. The summed E-state index contributed by atoms with van der Waals surface area (Å²) >= 11 is 0. The van der Waals surface area contributed by atoms with Crippen molar-refractivity contribution in [3.8, 4) is 0 Å². The second kappa shape index (κ2) is 8.84. The summed E-state index contributed by atoms with van der Waals surface area (Å²) in [6, 6.07) is 8.51. The number of para-hydroxylation sites is 1. The van der Waals surface area contributed by atoms with Crippen LogP contribution in [0.15, 0.2) is 41.0 Å². The van der Waals surface area contributed by atoms with E-state index in [-0.39, 0.29) is 18.8 Å². The summed E-state index contributed by atoms with van der Waals surface area (Å²) in [4.78, 5) is 40.8. The summed E-state index contributed by atoms with van der Waals surface area (Å²) in [5, 5.41) is 0. The van der Waals surface area contributed by atoms with Crippen molar-refractivity contribution in [3.05, 3.63) is 53.5 Å². The zero-order chi connectivity index (χ0) is 20.9. The third kappa shape index (κ3) is 3.57. The predicted octanol–water partition coefficient (Wildman–Crippen LogP) is 3.08. The SMILES string of the molecule is CC[C@@](C(=O)COC)(C(=O)OC)N(C(=O)c1ccco1)c1c(C)cccc1C. The number of amides is 1. The molecule has 150 valence electrons. The molecule has 0 unspecified atom stereocenters. The molecular weight excluding hydrogens is 362 g/mol. The number of esters is 1. The number of carbonyl (C=O) groups is 3. The maximum atomic E-state index is 13.5. The van der Waals surface area contributed by atoms with Crippen LogP contribution in [0, 0.1) is 13.8 Å². The minimum absolute atomic E-state index is 0.00207. The molecule has 0 N–H and O–H groups in total. The number of anilines is 1. The van der Waals surface area contributed by atoms with Crippen LogP contribution in [0.2, 0.25) is 0 Å². The molecule has 1 amide bonds. The number of aryl methyl sites for hydroxylation is 2. The molecule has 0 aliphatic heterocycles. The molecule has 28 heavy (non-hydrogen) atoms.